The topological polar surface area (TPSA) is 95.7 Å². The Morgan fingerprint density at radius 3 is 2.95 bits per heavy atom. The van der Waals surface area contributed by atoms with Gasteiger partial charge in [0.2, 0.25) is 5.91 Å². The number of aliphatic hydroxyl groups excluding tert-OH is 1. The lowest BCUT2D eigenvalue weighted by Gasteiger charge is -2.34. The number of nitro groups is 1. The van der Waals surface area contributed by atoms with Gasteiger partial charge in [0.15, 0.2) is 0 Å². The third-order valence-corrected chi connectivity index (χ3v) is 3.82. The van der Waals surface area contributed by atoms with Gasteiger partial charge in [0.05, 0.1) is 17.4 Å². The first-order chi connectivity index (χ1) is 10.1. The number of piperidine rings is 1. The molecule has 7 heteroatoms. The Balaban J connectivity index is 2.24. The van der Waals surface area contributed by atoms with Crippen molar-refractivity contribution < 1.29 is 14.8 Å². The molecule has 21 heavy (non-hydrogen) atoms. The zero-order valence-corrected chi connectivity index (χ0v) is 11.9. The molecule has 1 atom stereocenters. The summed E-state index contributed by atoms with van der Waals surface area (Å²) in [5.74, 6) is -0.0855. The van der Waals surface area contributed by atoms with Crippen molar-refractivity contribution in [1.82, 2.24) is 5.32 Å². The molecular formula is C14H19N3O4. The molecule has 1 aromatic rings. The molecule has 0 saturated carbocycles. The maximum atomic E-state index is 11.8. The summed E-state index contributed by atoms with van der Waals surface area (Å²) in [5, 5.41) is 22.9. The Morgan fingerprint density at radius 2 is 2.33 bits per heavy atom. The number of aliphatic hydroxyl groups is 1. The smallest absolute Gasteiger partial charge is 0.269 e. The number of nitro benzene ring substituents is 1. The maximum Gasteiger partial charge on any atom is 0.269 e. The Morgan fingerprint density at radius 1 is 1.57 bits per heavy atom. The zero-order valence-electron chi connectivity index (χ0n) is 11.9. The van der Waals surface area contributed by atoms with Crippen molar-refractivity contribution in [3.63, 3.8) is 0 Å². The minimum absolute atomic E-state index is 0.00663. The highest BCUT2D eigenvalue weighted by Crippen LogP contribution is 2.29. The molecule has 7 nitrogen and oxygen atoms in total. The van der Waals surface area contributed by atoms with Gasteiger partial charge >= 0.3 is 0 Å². The van der Waals surface area contributed by atoms with Gasteiger partial charge in [-0.1, -0.05) is 0 Å². The molecule has 0 bridgehead atoms. The van der Waals surface area contributed by atoms with Gasteiger partial charge in [0, 0.05) is 43.5 Å². The van der Waals surface area contributed by atoms with E-state index in [0.717, 1.165) is 25.1 Å². The zero-order chi connectivity index (χ0) is 15.4. The molecule has 1 aliphatic heterocycles. The Labute approximate surface area is 122 Å². The quantitative estimate of drug-likeness (QED) is 0.639. The van der Waals surface area contributed by atoms with Crippen LogP contribution in [0.25, 0.3) is 0 Å². The number of carbonyl (C=O) groups is 1. The van der Waals surface area contributed by atoms with Gasteiger partial charge in [-0.3, -0.25) is 14.9 Å². The third-order valence-electron chi connectivity index (χ3n) is 3.82. The van der Waals surface area contributed by atoms with Gasteiger partial charge in [-0.25, -0.2) is 0 Å². The minimum Gasteiger partial charge on any atom is -0.392 e. The first-order valence-corrected chi connectivity index (χ1v) is 6.91. The van der Waals surface area contributed by atoms with E-state index in [9.17, 15) is 20.0 Å². The Bertz CT molecular complexity index is 547. The number of hydrogen-bond donors (Lipinski definition) is 2. The van der Waals surface area contributed by atoms with Crippen LogP contribution in [0.4, 0.5) is 11.4 Å². The Kier molecular flexibility index (Phi) is 4.74. The van der Waals surface area contributed by atoms with Crippen LogP contribution in [-0.4, -0.2) is 36.1 Å². The number of amides is 1. The van der Waals surface area contributed by atoms with Crippen molar-refractivity contribution in [2.45, 2.75) is 19.4 Å². The predicted molar refractivity (Wildman–Crippen MR) is 78.0 cm³/mol. The number of non-ortho nitro benzene ring substituents is 1. The van der Waals surface area contributed by atoms with E-state index in [2.05, 4.69) is 5.32 Å². The molecule has 0 spiro atoms. The molecule has 1 unspecified atom stereocenters. The first kappa shape index (κ1) is 15.2. The van der Waals surface area contributed by atoms with Crippen LogP contribution in [0.15, 0.2) is 18.2 Å². The molecule has 1 fully saturated rings. The van der Waals surface area contributed by atoms with Crippen LogP contribution in [0.5, 0.6) is 0 Å². The van der Waals surface area contributed by atoms with Gasteiger partial charge in [-0.05, 0) is 18.9 Å². The molecule has 0 aliphatic carbocycles. The first-order valence-electron chi connectivity index (χ1n) is 6.91. The summed E-state index contributed by atoms with van der Waals surface area (Å²) < 4.78 is 0. The lowest BCUT2D eigenvalue weighted by Crippen LogP contribution is -2.42. The number of benzene rings is 1. The van der Waals surface area contributed by atoms with E-state index in [4.69, 9.17) is 0 Å². The lowest BCUT2D eigenvalue weighted by molar-refractivity contribution is -0.384. The number of hydrogen-bond acceptors (Lipinski definition) is 5. The number of carbonyl (C=O) groups excluding carboxylic acids is 1. The summed E-state index contributed by atoms with van der Waals surface area (Å²) >= 11 is 0. The van der Waals surface area contributed by atoms with E-state index in [0.29, 0.717) is 12.1 Å². The summed E-state index contributed by atoms with van der Waals surface area (Å²) in [6.45, 7) is 1.07. The van der Waals surface area contributed by atoms with Crippen LogP contribution < -0.4 is 10.2 Å². The second-order valence-electron chi connectivity index (χ2n) is 5.13. The van der Waals surface area contributed by atoms with Crippen molar-refractivity contribution in [2.24, 2.45) is 5.92 Å². The highest BCUT2D eigenvalue weighted by atomic mass is 16.6. The predicted octanol–water partition coefficient (Wildman–Crippen LogP) is 1.05. The van der Waals surface area contributed by atoms with Gasteiger partial charge in [-0.15, -0.1) is 0 Å². The molecule has 0 radical (unpaired) electrons. The fraction of sp³-hybridized carbons (Fsp3) is 0.500. The van der Waals surface area contributed by atoms with Crippen LogP contribution in [0.3, 0.4) is 0 Å². The van der Waals surface area contributed by atoms with Crippen LogP contribution in [-0.2, 0) is 11.4 Å². The summed E-state index contributed by atoms with van der Waals surface area (Å²) in [6, 6.07) is 4.47. The van der Waals surface area contributed by atoms with Crippen molar-refractivity contribution in [3.05, 3.63) is 33.9 Å². The van der Waals surface area contributed by atoms with E-state index in [1.165, 1.54) is 12.1 Å². The van der Waals surface area contributed by atoms with E-state index in [1.54, 1.807) is 13.1 Å². The second kappa shape index (κ2) is 6.53. The molecule has 114 valence electrons. The third kappa shape index (κ3) is 3.30. The molecule has 0 aromatic heterocycles. The molecule has 2 N–H and O–H groups in total. The molecule has 1 saturated heterocycles. The molecule has 1 aromatic carbocycles. The average Bonchev–Trinajstić information content (AvgIpc) is 2.53. The summed E-state index contributed by atoms with van der Waals surface area (Å²) in [6.07, 6.45) is 1.71. The summed E-state index contributed by atoms with van der Waals surface area (Å²) in [7, 11) is 1.62. The van der Waals surface area contributed by atoms with Gasteiger partial charge in [0.25, 0.3) is 5.69 Å². The normalized spacial score (nSPS) is 18.4. The standard InChI is InChI=1S/C14H19N3O4/c1-15-14(19)10-3-2-6-16(8-10)13-5-4-12(17(20)21)7-11(13)9-18/h4-5,7,10,18H,2-3,6,8-9H2,1H3,(H,15,19). The fourth-order valence-corrected chi connectivity index (χ4v) is 2.73. The fourth-order valence-electron chi connectivity index (χ4n) is 2.73. The van der Waals surface area contributed by atoms with Crippen LogP contribution >= 0.6 is 0 Å². The highest BCUT2D eigenvalue weighted by molar-refractivity contribution is 5.79. The molecule has 2 rings (SSSR count). The SMILES string of the molecule is CNC(=O)C1CCCN(c2ccc([N+](=O)[O-])cc2CO)C1. The summed E-state index contributed by atoms with van der Waals surface area (Å²) in [4.78, 5) is 24.1. The molecule has 1 amide bonds. The van der Waals surface area contributed by atoms with E-state index >= 15 is 0 Å². The number of nitrogens with zero attached hydrogens (tertiary/aromatic N) is 2. The second-order valence-corrected chi connectivity index (χ2v) is 5.13. The number of nitrogens with one attached hydrogen (secondary N) is 1. The molecule has 1 heterocycles. The maximum absolute atomic E-state index is 11.8. The number of rotatable bonds is 4. The van der Waals surface area contributed by atoms with Gasteiger partial charge < -0.3 is 15.3 Å². The van der Waals surface area contributed by atoms with E-state index in [1.807, 2.05) is 4.90 Å². The highest BCUT2D eigenvalue weighted by Gasteiger charge is 2.26. The van der Waals surface area contributed by atoms with Gasteiger partial charge in [-0.2, -0.15) is 0 Å². The van der Waals surface area contributed by atoms with E-state index < -0.39 is 4.92 Å². The minimum atomic E-state index is -0.480. The molecule has 1 aliphatic rings. The largest absolute Gasteiger partial charge is 0.392 e. The van der Waals surface area contributed by atoms with E-state index in [-0.39, 0.29) is 24.1 Å². The van der Waals surface area contributed by atoms with Crippen molar-refractivity contribution in [3.8, 4) is 0 Å². The summed E-state index contributed by atoms with van der Waals surface area (Å²) in [5.41, 5.74) is 1.24. The van der Waals surface area contributed by atoms with Crippen molar-refractivity contribution in [2.75, 3.05) is 25.0 Å². The Hall–Kier alpha value is -2.15. The van der Waals surface area contributed by atoms with Gasteiger partial charge in [0.1, 0.15) is 0 Å². The monoisotopic (exact) mass is 293 g/mol. The van der Waals surface area contributed by atoms with Crippen molar-refractivity contribution in [1.29, 1.82) is 0 Å². The van der Waals surface area contributed by atoms with Crippen molar-refractivity contribution >= 4 is 17.3 Å². The lowest BCUT2D eigenvalue weighted by atomic mass is 9.96. The van der Waals surface area contributed by atoms with Crippen LogP contribution in [0.1, 0.15) is 18.4 Å². The average molecular weight is 293 g/mol. The number of anilines is 1. The molecular weight excluding hydrogens is 274 g/mol. The van der Waals surface area contributed by atoms with Crippen LogP contribution in [0, 0.1) is 16.0 Å². The van der Waals surface area contributed by atoms with Crippen LogP contribution in [0.2, 0.25) is 0 Å².